The highest BCUT2D eigenvalue weighted by Gasteiger charge is 2.28. The zero-order valence-electron chi connectivity index (χ0n) is 9.29. The number of anilines is 1. The minimum atomic E-state index is -0.453. The third-order valence-corrected chi connectivity index (χ3v) is 2.79. The van der Waals surface area contributed by atoms with Gasteiger partial charge in [0.1, 0.15) is 11.9 Å². The summed E-state index contributed by atoms with van der Waals surface area (Å²) in [4.78, 5) is 12.2. The van der Waals surface area contributed by atoms with Gasteiger partial charge in [0.15, 0.2) is 0 Å². The average molecular weight is 233 g/mol. The van der Waals surface area contributed by atoms with Crippen molar-refractivity contribution in [2.24, 2.45) is 0 Å². The van der Waals surface area contributed by atoms with Crippen molar-refractivity contribution in [3.05, 3.63) is 33.9 Å². The Bertz CT molecular complexity index is 491. The standard InChI is InChI=1S/C11H11N3O3/c1-13(11-4-5-17-11)10-6-8(7-12)2-3-9(10)14(15)16/h2-3,6,11H,4-5H2,1H3/t11-/m0/s1. The maximum Gasteiger partial charge on any atom is 0.292 e. The molecule has 88 valence electrons. The Morgan fingerprint density at radius 2 is 2.35 bits per heavy atom. The molecule has 1 saturated heterocycles. The van der Waals surface area contributed by atoms with Gasteiger partial charge in [0.25, 0.3) is 5.69 Å². The van der Waals surface area contributed by atoms with E-state index in [0.717, 1.165) is 6.42 Å². The van der Waals surface area contributed by atoms with Gasteiger partial charge in [0, 0.05) is 19.5 Å². The molecule has 17 heavy (non-hydrogen) atoms. The molecule has 1 atom stereocenters. The van der Waals surface area contributed by atoms with Crippen molar-refractivity contribution in [2.75, 3.05) is 18.6 Å². The van der Waals surface area contributed by atoms with Crippen molar-refractivity contribution < 1.29 is 9.66 Å². The van der Waals surface area contributed by atoms with Gasteiger partial charge in [-0.3, -0.25) is 10.1 Å². The predicted molar refractivity (Wildman–Crippen MR) is 60.6 cm³/mol. The molecule has 1 fully saturated rings. The van der Waals surface area contributed by atoms with Gasteiger partial charge in [-0.15, -0.1) is 0 Å². The van der Waals surface area contributed by atoms with Crippen molar-refractivity contribution in [3.63, 3.8) is 0 Å². The maximum atomic E-state index is 10.9. The van der Waals surface area contributed by atoms with E-state index in [9.17, 15) is 10.1 Å². The summed E-state index contributed by atoms with van der Waals surface area (Å²) in [5.41, 5.74) is 0.803. The molecule has 1 aliphatic rings. The zero-order chi connectivity index (χ0) is 12.4. The number of nitrogens with zero attached hydrogens (tertiary/aromatic N) is 3. The van der Waals surface area contributed by atoms with Crippen molar-refractivity contribution in [1.82, 2.24) is 0 Å². The molecule has 1 heterocycles. The van der Waals surface area contributed by atoms with Crippen LogP contribution in [0.15, 0.2) is 18.2 Å². The predicted octanol–water partition coefficient (Wildman–Crippen LogP) is 1.65. The van der Waals surface area contributed by atoms with Gasteiger partial charge in [-0.1, -0.05) is 0 Å². The summed E-state index contributed by atoms with van der Waals surface area (Å²) in [5.74, 6) is 0. The van der Waals surface area contributed by atoms with E-state index >= 15 is 0 Å². The third-order valence-electron chi connectivity index (χ3n) is 2.79. The van der Waals surface area contributed by atoms with Crippen LogP contribution >= 0.6 is 0 Å². The summed E-state index contributed by atoms with van der Waals surface area (Å²) in [7, 11) is 1.73. The van der Waals surface area contributed by atoms with E-state index in [1.54, 1.807) is 11.9 Å². The van der Waals surface area contributed by atoms with Crippen LogP contribution in [0.25, 0.3) is 0 Å². The monoisotopic (exact) mass is 233 g/mol. The topological polar surface area (TPSA) is 79.4 Å². The second-order valence-electron chi connectivity index (χ2n) is 3.80. The number of nitro benzene ring substituents is 1. The number of ether oxygens (including phenoxy) is 1. The summed E-state index contributed by atoms with van der Waals surface area (Å²) in [6, 6.07) is 6.28. The van der Waals surface area contributed by atoms with E-state index in [2.05, 4.69) is 0 Å². The summed E-state index contributed by atoms with van der Waals surface area (Å²) in [6.07, 6.45) is 0.701. The van der Waals surface area contributed by atoms with E-state index < -0.39 is 4.92 Å². The highest BCUT2D eigenvalue weighted by atomic mass is 16.6. The molecule has 0 bridgehead atoms. The fourth-order valence-corrected chi connectivity index (χ4v) is 1.71. The van der Waals surface area contributed by atoms with Crippen LogP contribution in [0.4, 0.5) is 11.4 Å². The Hall–Kier alpha value is -2.13. The van der Waals surface area contributed by atoms with Crippen LogP contribution in [0.5, 0.6) is 0 Å². The van der Waals surface area contributed by atoms with Crippen LogP contribution in [0.3, 0.4) is 0 Å². The molecule has 0 spiro atoms. The Kier molecular flexibility index (Phi) is 2.93. The largest absolute Gasteiger partial charge is 0.358 e. The minimum absolute atomic E-state index is 0.0120. The van der Waals surface area contributed by atoms with Crippen molar-refractivity contribution in [3.8, 4) is 6.07 Å². The first-order chi connectivity index (χ1) is 8.13. The number of nitro groups is 1. The summed E-state index contributed by atoms with van der Waals surface area (Å²) < 4.78 is 5.28. The van der Waals surface area contributed by atoms with Gasteiger partial charge in [-0.05, 0) is 12.1 Å². The Morgan fingerprint density at radius 1 is 1.65 bits per heavy atom. The number of hydrogen-bond donors (Lipinski definition) is 0. The lowest BCUT2D eigenvalue weighted by Gasteiger charge is -2.35. The smallest absolute Gasteiger partial charge is 0.292 e. The van der Waals surface area contributed by atoms with E-state index in [1.165, 1.54) is 18.2 Å². The maximum absolute atomic E-state index is 10.9. The molecular weight excluding hydrogens is 222 g/mol. The first-order valence-electron chi connectivity index (χ1n) is 5.16. The van der Waals surface area contributed by atoms with Gasteiger partial charge in [0.2, 0.25) is 0 Å². The SMILES string of the molecule is CN(c1cc(C#N)ccc1[N+](=O)[O-])[C@@H]1CCO1. The van der Waals surface area contributed by atoms with Gasteiger partial charge in [-0.2, -0.15) is 5.26 Å². The highest BCUT2D eigenvalue weighted by Crippen LogP contribution is 2.32. The van der Waals surface area contributed by atoms with Gasteiger partial charge >= 0.3 is 0 Å². The molecule has 6 nitrogen and oxygen atoms in total. The number of hydrogen-bond acceptors (Lipinski definition) is 5. The molecule has 0 radical (unpaired) electrons. The molecular formula is C11H11N3O3. The van der Waals surface area contributed by atoms with Crippen LogP contribution in [0.1, 0.15) is 12.0 Å². The molecule has 0 N–H and O–H groups in total. The van der Waals surface area contributed by atoms with Crippen LogP contribution in [-0.4, -0.2) is 24.8 Å². The highest BCUT2D eigenvalue weighted by molar-refractivity contribution is 5.66. The second-order valence-corrected chi connectivity index (χ2v) is 3.80. The lowest BCUT2D eigenvalue weighted by Crippen LogP contribution is -2.42. The molecule has 0 amide bonds. The number of rotatable bonds is 3. The Labute approximate surface area is 98.2 Å². The van der Waals surface area contributed by atoms with E-state index in [1.807, 2.05) is 6.07 Å². The fraction of sp³-hybridized carbons (Fsp3) is 0.364. The normalized spacial score (nSPS) is 18.0. The third kappa shape index (κ3) is 2.05. The van der Waals surface area contributed by atoms with E-state index in [4.69, 9.17) is 10.00 Å². The molecule has 0 aromatic heterocycles. The fourth-order valence-electron chi connectivity index (χ4n) is 1.71. The summed E-state index contributed by atoms with van der Waals surface area (Å²) in [6.45, 7) is 0.667. The van der Waals surface area contributed by atoms with E-state index in [0.29, 0.717) is 17.9 Å². The molecule has 2 rings (SSSR count). The first kappa shape index (κ1) is 11.4. The zero-order valence-corrected chi connectivity index (χ0v) is 9.29. The number of benzene rings is 1. The molecule has 6 heteroatoms. The minimum Gasteiger partial charge on any atom is -0.358 e. The Balaban J connectivity index is 2.40. The summed E-state index contributed by atoms with van der Waals surface area (Å²) in [5, 5.41) is 19.7. The quantitative estimate of drug-likeness (QED) is 0.585. The molecule has 0 aliphatic carbocycles. The molecule has 0 saturated carbocycles. The van der Waals surface area contributed by atoms with Crippen LogP contribution < -0.4 is 4.90 Å². The van der Waals surface area contributed by atoms with Crippen molar-refractivity contribution in [1.29, 1.82) is 5.26 Å². The first-order valence-corrected chi connectivity index (χ1v) is 5.16. The van der Waals surface area contributed by atoms with E-state index in [-0.39, 0.29) is 11.9 Å². The van der Waals surface area contributed by atoms with Crippen LogP contribution in [-0.2, 0) is 4.74 Å². The Morgan fingerprint density at radius 3 is 2.82 bits per heavy atom. The molecule has 0 unspecified atom stereocenters. The average Bonchev–Trinajstić information content (AvgIpc) is 2.25. The molecule has 1 aromatic rings. The van der Waals surface area contributed by atoms with Gasteiger partial charge in [-0.25, -0.2) is 0 Å². The van der Waals surface area contributed by atoms with Crippen LogP contribution in [0.2, 0.25) is 0 Å². The van der Waals surface area contributed by atoms with Crippen molar-refractivity contribution in [2.45, 2.75) is 12.6 Å². The van der Waals surface area contributed by atoms with Gasteiger partial charge < -0.3 is 9.64 Å². The summed E-state index contributed by atoms with van der Waals surface area (Å²) >= 11 is 0. The lowest BCUT2D eigenvalue weighted by atomic mass is 10.1. The van der Waals surface area contributed by atoms with Crippen molar-refractivity contribution >= 4 is 11.4 Å². The molecule has 1 aromatic carbocycles. The molecule has 1 aliphatic heterocycles. The number of nitriles is 1. The lowest BCUT2D eigenvalue weighted by molar-refractivity contribution is -0.384. The second kappa shape index (κ2) is 4.39. The van der Waals surface area contributed by atoms with Gasteiger partial charge in [0.05, 0.1) is 23.2 Å². The van der Waals surface area contributed by atoms with Crippen LogP contribution in [0, 0.1) is 21.4 Å².